The largest absolute Gasteiger partial charge is 0.384 e. The van der Waals surface area contributed by atoms with Gasteiger partial charge in [0.1, 0.15) is 10.7 Å². The fraction of sp³-hybridized carbons (Fsp3) is 0.111. The van der Waals surface area contributed by atoms with Crippen LogP contribution in [0.4, 0.5) is 0 Å². The number of hydrogen-bond acceptors (Lipinski definition) is 5. The summed E-state index contributed by atoms with van der Waals surface area (Å²) in [6.45, 7) is 4.65. The number of rotatable bonds is 4. The maximum atomic E-state index is 11.5. The topological polar surface area (TPSA) is 97.7 Å². The van der Waals surface area contributed by atoms with Crippen LogP contribution in [0.25, 0.3) is 0 Å². The predicted molar refractivity (Wildman–Crippen MR) is 59.3 cm³/mol. The van der Waals surface area contributed by atoms with Crippen molar-refractivity contribution in [2.75, 3.05) is 0 Å². The molecular weight excluding hydrogens is 268 g/mol. The van der Waals surface area contributed by atoms with Crippen molar-refractivity contribution in [3.63, 3.8) is 0 Å². The Hall–Kier alpha value is -1.38. The highest BCUT2D eigenvalue weighted by atomic mass is 32.2. The van der Waals surface area contributed by atoms with Crippen molar-refractivity contribution >= 4 is 20.2 Å². The van der Waals surface area contributed by atoms with Crippen LogP contribution in [0, 0.1) is 0 Å². The molecule has 8 heteroatoms. The second-order valence-electron chi connectivity index (χ2n) is 3.19. The first-order chi connectivity index (χ1) is 7.63. The maximum absolute atomic E-state index is 11.5. The molecule has 0 spiro atoms. The smallest absolute Gasteiger partial charge is 0.338 e. The predicted octanol–water partition coefficient (Wildman–Crippen LogP) is 1.17. The molecule has 17 heavy (non-hydrogen) atoms. The highest BCUT2D eigenvalue weighted by Crippen LogP contribution is 2.17. The van der Waals surface area contributed by atoms with Crippen molar-refractivity contribution in [1.82, 2.24) is 0 Å². The van der Waals surface area contributed by atoms with Gasteiger partial charge in [0, 0.05) is 0 Å². The van der Waals surface area contributed by atoms with Gasteiger partial charge in [0.05, 0.1) is 4.90 Å². The van der Waals surface area contributed by atoms with Gasteiger partial charge in [-0.2, -0.15) is 16.8 Å². The van der Waals surface area contributed by atoms with E-state index < -0.39 is 25.1 Å². The van der Waals surface area contributed by atoms with Gasteiger partial charge in [0.2, 0.25) is 0 Å². The quantitative estimate of drug-likeness (QED) is 0.504. The van der Waals surface area contributed by atoms with Gasteiger partial charge in [-0.1, -0.05) is 6.58 Å². The van der Waals surface area contributed by atoms with Crippen LogP contribution in [-0.4, -0.2) is 21.4 Å². The number of hydrogen-bond donors (Lipinski definition) is 1. The molecule has 0 aromatic heterocycles. The molecule has 0 unspecified atom stereocenters. The van der Waals surface area contributed by atoms with Crippen LogP contribution in [0.3, 0.4) is 0 Å². The van der Waals surface area contributed by atoms with E-state index in [0.717, 1.165) is 24.3 Å². The summed E-state index contributed by atoms with van der Waals surface area (Å²) in [6.07, 6.45) is 0. The SMILES string of the molecule is C=C(C)OS(=O)(=O)c1ccc(S(=O)(=O)O)cc1. The second kappa shape index (κ2) is 4.47. The molecule has 0 radical (unpaired) electrons. The van der Waals surface area contributed by atoms with Crippen LogP contribution in [0.1, 0.15) is 6.92 Å². The summed E-state index contributed by atoms with van der Waals surface area (Å²) >= 11 is 0. The fourth-order valence-corrected chi connectivity index (χ4v) is 2.43. The molecule has 0 aliphatic heterocycles. The Morgan fingerprint density at radius 3 is 1.88 bits per heavy atom. The summed E-state index contributed by atoms with van der Waals surface area (Å²) in [6, 6.07) is 3.96. The Labute approximate surface area is 99.4 Å². The van der Waals surface area contributed by atoms with E-state index in [4.69, 9.17) is 4.55 Å². The maximum Gasteiger partial charge on any atom is 0.338 e. The fourth-order valence-electron chi connectivity index (χ4n) is 1.01. The molecule has 6 nitrogen and oxygen atoms in total. The molecule has 1 N–H and O–H groups in total. The van der Waals surface area contributed by atoms with Crippen molar-refractivity contribution in [2.45, 2.75) is 16.7 Å². The molecule has 1 aromatic carbocycles. The Bertz CT molecular complexity index is 625. The summed E-state index contributed by atoms with van der Waals surface area (Å²) in [5, 5.41) is 0. The van der Waals surface area contributed by atoms with E-state index in [2.05, 4.69) is 10.8 Å². The monoisotopic (exact) mass is 278 g/mol. The molecule has 94 valence electrons. The highest BCUT2D eigenvalue weighted by Gasteiger charge is 2.17. The van der Waals surface area contributed by atoms with E-state index in [1.165, 1.54) is 6.92 Å². The molecule has 0 aliphatic rings. The van der Waals surface area contributed by atoms with Crippen LogP contribution in [0.2, 0.25) is 0 Å². The van der Waals surface area contributed by atoms with Gasteiger partial charge in [-0.25, -0.2) is 0 Å². The Morgan fingerprint density at radius 1 is 1.12 bits per heavy atom. The molecule has 0 bridgehead atoms. The van der Waals surface area contributed by atoms with Crippen LogP contribution in [0.5, 0.6) is 0 Å². The lowest BCUT2D eigenvalue weighted by Gasteiger charge is -2.06. The summed E-state index contributed by atoms with van der Waals surface area (Å²) in [4.78, 5) is -0.625. The zero-order chi connectivity index (χ0) is 13.3. The molecule has 0 saturated carbocycles. The lowest BCUT2D eigenvalue weighted by atomic mass is 10.4. The second-order valence-corrected chi connectivity index (χ2v) is 6.15. The average molecular weight is 278 g/mol. The van der Waals surface area contributed by atoms with E-state index in [9.17, 15) is 16.8 Å². The van der Waals surface area contributed by atoms with Crippen molar-refractivity contribution in [1.29, 1.82) is 0 Å². The van der Waals surface area contributed by atoms with E-state index in [0.29, 0.717) is 0 Å². The third-order valence-corrected chi connectivity index (χ3v) is 3.88. The lowest BCUT2D eigenvalue weighted by molar-refractivity contribution is 0.410. The van der Waals surface area contributed by atoms with E-state index in [-0.39, 0.29) is 10.7 Å². The Balaban J connectivity index is 3.16. The first kappa shape index (κ1) is 13.7. The molecule has 0 atom stereocenters. The molecular formula is C9H10O6S2. The zero-order valence-electron chi connectivity index (χ0n) is 8.82. The van der Waals surface area contributed by atoms with Gasteiger partial charge in [-0.05, 0) is 31.2 Å². The van der Waals surface area contributed by atoms with Crippen molar-refractivity contribution < 1.29 is 25.6 Å². The van der Waals surface area contributed by atoms with E-state index in [1.54, 1.807) is 0 Å². The number of allylic oxidation sites excluding steroid dienone is 1. The molecule has 0 fully saturated rings. The van der Waals surface area contributed by atoms with Crippen LogP contribution in [-0.2, 0) is 24.4 Å². The van der Waals surface area contributed by atoms with Crippen LogP contribution in [0.15, 0.2) is 46.4 Å². The van der Waals surface area contributed by atoms with Gasteiger partial charge in [0.25, 0.3) is 10.1 Å². The normalized spacial score (nSPS) is 12.1. The third-order valence-electron chi connectivity index (χ3n) is 1.66. The molecule has 0 aliphatic carbocycles. The average Bonchev–Trinajstić information content (AvgIpc) is 2.14. The van der Waals surface area contributed by atoms with Gasteiger partial charge in [0.15, 0.2) is 0 Å². The van der Waals surface area contributed by atoms with Gasteiger partial charge in [-0.3, -0.25) is 4.55 Å². The lowest BCUT2D eigenvalue weighted by Crippen LogP contribution is -2.05. The van der Waals surface area contributed by atoms with E-state index >= 15 is 0 Å². The number of benzene rings is 1. The standard InChI is InChI=1S/C9H10O6S2/c1-7(2)15-17(13,14)9-5-3-8(4-6-9)16(10,11)12/h3-6H,1H2,2H3,(H,10,11,12). The van der Waals surface area contributed by atoms with Gasteiger partial charge < -0.3 is 4.18 Å². The van der Waals surface area contributed by atoms with Crippen LogP contribution < -0.4 is 0 Å². The van der Waals surface area contributed by atoms with Gasteiger partial charge in [-0.15, -0.1) is 0 Å². The molecule has 1 aromatic rings. The first-order valence-corrected chi connectivity index (χ1v) is 7.15. The van der Waals surface area contributed by atoms with Gasteiger partial charge >= 0.3 is 10.1 Å². The Kier molecular flexibility index (Phi) is 3.60. The molecule has 1 rings (SSSR count). The summed E-state index contributed by atoms with van der Waals surface area (Å²) < 4.78 is 57.7. The highest BCUT2D eigenvalue weighted by molar-refractivity contribution is 7.87. The first-order valence-electron chi connectivity index (χ1n) is 4.30. The third kappa shape index (κ3) is 3.55. The summed E-state index contributed by atoms with van der Waals surface area (Å²) in [7, 11) is -8.34. The van der Waals surface area contributed by atoms with Crippen molar-refractivity contribution in [3.8, 4) is 0 Å². The summed E-state index contributed by atoms with van der Waals surface area (Å²) in [5.74, 6) is -0.0103. The summed E-state index contributed by atoms with van der Waals surface area (Å²) in [5.41, 5.74) is 0. The van der Waals surface area contributed by atoms with E-state index in [1.807, 2.05) is 0 Å². The molecule has 0 heterocycles. The minimum atomic E-state index is -4.34. The zero-order valence-corrected chi connectivity index (χ0v) is 10.5. The Morgan fingerprint density at radius 2 is 1.53 bits per heavy atom. The molecule has 0 saturated heterocycles. The minimum absolute atomic E-state index is 0.0103. The van der Waals surface area contributed by atoms with Crippen molar-refractivity contribution in [2.24, 2.45) is 0 Å². The minimum Gasteiger partial charge on any atom is -0.384 e. The molecule has 0 amide bonds. The van der Waals surface area contributed by atoms with Crippen LogP contribution >= 0.6 is 0 Å². The van der Waals surface area contributed by atoms with Crippen molar-refractivity contribution in [3.05, 3.63) is 36.6 Å².